The van der Waals surface area contributed by atoms with Crippen LogP contribution in [0.15, 0.2) is 42.7 Å². The fourth-order valence-corrected chi connectivity index (χ4v) is 2.95. The van der Waals surface area contributed by atoms with Gasteiger partial charge in [-0.2, -0.15) is 0 Å². The Kier molecular flexibility index (Phi) is 2.92. The van der Waals surface area contributed by atoms with Crippen LogP contribution in [0.2, 0.25) is 0 Å². The molecule has 0 atom stereocenters. The van der Waals surface area contributed by atoms with E-state index in [9.17, 15) is 9.18 Å². The normalized spacial score (nSPS) is 14.1. The molecule has 2 aromatic carbocycles. The van der Waals surface area contributed by atoms with E-state index in [-0.39, 0.29) is 11.7 Å². The van der Waals surface area contributed by atoms with Crippen LogP contribution in [0.25, 0.3) is 11.0 Å². The van der Waals surface area contributed by atoms with Crippen LogP contribution in [0.4, 0.5) is 4.39 Å². The lowest BCUT2D eigenvalue weighted by atomic mass is 9.99. The predicted molar refractivity (Wildman–Crippen MR) is 80.9 cm³/mol. The van der Waals surface area contributed by atoms with E-state index in [1.54, 1.807) is 17.3 Å². The van der Waals surface area contributed by atoms with Crippen molar-refractivity contribution in [1.29, 1.82) is 0 Å². The summed E-state index contributed by atoms with van der Waals surface area (Å²) >= 11 is 0. The van der Waals surface area contributed by atoms with Gasteiger partial charge in [-0.3, -0.25) is 4.79 Å². The summed E-state index contributed by atoms with van der Waals surface area (Å²) in [5.74, 6) is -0.293. The van der Waals surface area contributed by atoms with Crippen LogP contribution in [0.5, 0.6) is 0 Å². The second-order valence-electron chi connectivity index (χ2n) is 5.52. The fourth-order valence-electron chi connectivity index (χ4n) is 2.95. The first kappa shape index (κ1) is 13.0. The second kappa shape index (κ2) is 4.94. The number of aromatic amines is 1. The fraction of sp³-hybridized carbons (Fsp3) is 0.176. The number of imidazole rings is 1. The van der Waals surface area contributed by atoms with Crippen LogP contribution in [-0.4, -0.2) is 27.3 Å². The van der Waals surface area contributed by atoms with E-state index in [0.717, 1.165) is 28.6 Å². The summed E-state index contributed by atoms with van der Waals surface area (Å²) in [7, 11) is 0. The Labute approximate surface area is 126 Å². The number of hydrogen-bond acceptors (Lipinski definition) is 2. The summed E-state index contributed by atoms with van der Waals surface area (Å²) in [6.07, 6.45) is 2.37. The largest absolute Gasteiger partial charge is 0.345 e. The van der Waals surface area contributed by atoms with Gasteiger partial charge in [0, 0.05) is 18.7 Å². The molecule has 0 aliphatic carbocycles. The summed E-state index contributed by atoms with van der Waals surface area (Å²) < 4.78 is 13.4. The zero-order valence-corrected chi connectivity index (χ0v) is 11.8. The summed E-state index contributed by atoms with van der Waals surface area (Å²) in [6, 6.07) is 10.2. The molecule has 0 bridgehead atoms. The lowest BCUT2D eigenvalue weighted by molar-refractivity contribution is 0.0734. The molecule has 1 aromatic heterocycles. The van der Waals surface area contributed by atoms with Crippen LogP contribution < -0.4 is 0 Å². The maximum Gasteiger partial charge on any atom is 0.254 e. The lowest BCUT2D eigenvalue weighted by Crippen LogP contribution is -2.36. The number of benzene rings is 2. The van der Waals surface area contributed by atoms with Crippen molar-refractivity contribution in [1.82, 2.24) is 14.9 Å². The number of carbonyl (C=O) groups is 1. The van der Waals surface area contributed by atoms with E-state index in [2.05, 4.69) is 9.97 Å². The molecule has 1 aliphatic heterocycles. The molecule has 0 fully saturated rings. The Morgan fingerprint density at radius 3 is 3.00 bits per heavy atom. The van der Waals surface area contributed by atoms with E-state index >= 15 is 0 Å². The molecule has 1 aliphatic rings. The van der Waals surface area contributed by atoms with E-state index in [4.69, 9.17) is 0 Å². The maximum absolute atomic E-state index is 13.4. The first-order chi connectivity index (χ1) is 10.7. The Hall–Kier alpha value is -2.69. The minimum absolute atomic E-state index is 0.0357. The molecular formula is C17H14FN3O. The smallest absolute Gasteiger partial charge is 0.254 e. The first-order valence-electron chi connectivity index (χ1n) is 7.20. The van der Waals surface area contributed by atoms with Gasteiger partial charge in [0.1, 0.15) is 5.82 Å². The molecule has 110 valence electrons. The van der Waals surface area contributed by atoms with Gasteiger partial charge in [-0.1, -0.05) is 6.07 Å². The van der Waals surface area contributed by atoms with Crippen molar-refractivity contribution in [3.05, 3.63) is 65.2 Å². The van der Waals surface area contributed by atoms with Crippen molar-refractivity contribution >= 4 is 16.9 Å². The monoisotopic (exact) mass is 295 g/mol. The molecule has 5 heteroatoms. The van der Waals surface area contributed by atoms with Crippen molar-refractivity contribution in [3.63, 3.8) is 0 Å². The van der Waals surface area contributed by atoms with Crippen molar-refractivity contribution < 1.29 is 9.18 Å². The zero-order valence-electron chi connectivity index (χ0n) is 11.8. The van der Waals surface area contributed by atoms with Crippen molar-refractivity contribution in [2.45, 2.75) is 13.0 Å². The number of nitrogens with zero attached hydrogens (tertiary/aromatic N) is 2. The molecule has 22 heavy (non-hydrogen) atoms. The third-order valence-electron chi connectivity index (χ3n) is 4.13. The maximum atomic E-state index is 13.4. The minimum atomic E-state index is -0.257. The van der Waals surface area contributed by atoms with Gasteiger partial charge in [0.15, 0.2) is 0 Å². The number of halogens is 1. The Morgan fingerprint density at radius 2 is 2.09 bits per heavy atom. The molecule has 4 nitrogen and oxygen atoms in total. The van der Waals surface area contributed by atoms with Gasteiger partial charge in [0.2, 0.25) is 0 Å². The quantitative estimate of drug-likeness (QED) is 0.750. The summed E-state index contributed by atoms with van der Waals surface area (Å²) in [5.41, 5.74) is 4.31. The highest BCUT2D eigenvalue weighted by atomic mass is 19.1. The number of amides is 1. The standard InChI is InChI=1S/C17H14FN3O/c18-14-3-1-11-5-6-21(9-13(11)7-14)17(22)12-2-4-15-16(8-12)20-10-19-15/h1-4,7-8,10H,5-6,9H2,(H,19,20). The highest BCUT2D eigenvalue weighted by Crippen LogP contribution is 2.22. The molecule has 0 saturated carbocycles. The molecule has 3 aromatic rings. The highest BCUT2D eigenvalue weighted by Gasteiger charge is 2.22. The Balaban J connectivity index is 1.63. The average molecular weight is 295 g/mol. The van der Waals surface area contributed by atoms with Crippen molar-refractivity contribution in [2.24, 2.45) is 0 Å². The van der Waals surface area contributed by atoms with E-state index in [1.165, 1.54) is 12.1 Å². The van der Waals surface area contributed by atoms with Crippen molar-refractivity contribution in [3.8, 4) is 0 Å². The number of hydrogen-bond donors (Lipinski definition) is 1. The number of nitrogens with one attached hydrogen (secondary N) is 1. The molecule has 1 N–H and O–H groups in total. The molecule has 4 rings (SSSR count). The van der Waals surface area contributed by atoms with Crippen LogP contribution in [0, 0.1) is 5.82 Å². The van der Waals surface area contributed by atoms with Crippen LogP contribution in [0.3, 0.4) is 0 Å². The summed E-state index contributed by atoms with van der Waals surface area (Å²) in [5, 5.41) is 0. The highest BCUT2D eigenvalue weighted by molar-refractivity contribution is 5.97. The molecule has 0 saturated heterocycles. The molecule has 2 heterocycles. The third kappa shape index (κ3) is 2.15. The molecular weight excluding hydrogens is 281 g/mol. The molecule has 0 spiro atoms. The Bertz CT molecular complexity index is 871. The predicted octanol–water partition coefficient (Wildman–Crippen LogP) is 2.90. The van der Waals surface area contributed by atoms with Crippen LogP contribution >= 0.6 is 0 Å². The van der Waals surface area contributed by atoms with Gasteiger partial charge in [-0.25, -0.2) is 9.37 Å². The van der Waals surface area contributed by atoms with Gasteiger partial charge in [0.05, 0.1) is 17.4 Å². The molecule has 0 radical (unpaired) electrons. The number of H-pyrrole nitrogens is 1. The van der Waals surface area contributed by atoms with E-state index in [1.807, 2.05) is 18.2 Å². The average Bonchev–Trinajstić information content (AvgIpc) is 3.01. The lowest BCUT2D eigenvalue weighted by Gasteiger charge is -2.29. The van der Waals surface area contributed by atoms with Crippen molar-refractivity contribution in [2.75, 3.05) is 6.54 Å². The molecule has 1 amide bonds. The van der Waals surface area contributed by atoms with Gasteiger partial charge < -0.3 is 9.88 Å². The van der Waals surface area contributed by atoms with Gasteiger partial charge in [0.25, 0.3) is 5.91 Å². The number of aromatic nitrogens is 2. The summed E-state index contributed by atoms with van der Waals surface area (Å²) in [4.78, 5) is 21.6. The second-order valence-corrected chi connectivity index (χ2v) is 5.52. The topological polar surface area (TPSA) is 49.0 Å². The van der Waals surface area contributed by atoms with E-state index in [0.29, 0.717) is 18.7 Å². The zero-order chi connectivity index (χ0) is 15.1. The van der Waals surface area contributed by atoms with Gasteiger partial charge in [-0.15, -0.1) is 0 Å². The number of carbonyl (C=O) groups excluding carboxylic acids is 1. The minimum Gasteiger partial charge on any atom is -0.345 e. The molecule has 0 unspecified atom stereocenters. The van der Waals surface area contributed by atoms with Crippen LogP contribution in [0.1, 0.15) is 21.5 Å². The first-order valence-corrected chi connectivity index (χ1v) is 7.20. The third-order valence-corrected chi connectivity index (χ3v) is 4.13. The van der Waals surface area contributed by atoms with Gasteiger partial charge >= 0.3 is 0 Å². The van der Waals surface area contributed by atoms with Crippen LogP contribution in [-0.2, 0) is 13.0 Å². The Morgan fingerprint density at radius 1 is 1.18 bits per heavy atom. The van der Waals surface area contributed by atoms with Gasteiger partial charge in [-0.05, 0) is 47.9 Å². The SMILES string of the molecule is O=C(c1ccc2nc[nH]c2c1)N1CCc2ccc(F)cc2C1. The van der Waals surface area contributed by atoms with E-state index < -0.39 is 0 Å². The number of fused-ring (bicyclic) bond motifs is 2. The summed E-state index contributed by atoms with van der Waals surface area (Å²) in [6.45, 7) is 1.10. The number of rotatable bonds is 1.